The van der Waals surface area contributed by atoms with Gasteiger partial charge in [-0.05, 0) is 18.1 Å². The molecule has 1 heterocycles. The van der Waals surface area contributed by atoms with Gasteiger partial charge in [-0.2, -0.15) is 0 Å². The molecule has 0 aliphatic carbocycles. The first-order chi connectivity index (χ1) is 13.2. The third kappa shape index (κ3) is 5.08. The Morgan fingerprint density at radius 2 is 1.59 bits per heavy atom. The van der Waals surface area contributed by atoms with Crippen LogP contribution in [0.3, 0.4) is 0 Å². The lowest BCUT2D eigenvalue weighted by Crippen LogP contribution is -2.46. The molecule has 2 amide bonds. The second-order valence-electron chi connectivity index (χ2n) is 6.96. The van der Waals surface area contributed by atoms with Crippen molar-refractivity contribution >= 4 is 6.03 Å². The van der Waals surface area contributed by atoms with Crippen LogP contribution in [0.25, 0.3) is 0 Å². The first-order valence-corrected chi connectivity index (χ1v) is 9.59. The van der Waals surface area contributed by atoms with Crippen LogP contribution in [0.4, 0.5) is 4.79 Å². The molecule has 27 heavy (non-hydrogen) atoms. The highest BCUT2D eigenvalue weighted by Crippen LogP contribution is 2.22. The molecule has 3 rings (SSSR count). The summed E-state index contributed by atoms with van der Waals surface area (Å²) in [6.07, 6.45) is 0. The number of carbonyl (C=O) groups excluding carboxylic acids is 1. The summed E-state index contributed by atoms with van der Waals surface area (Å²) >= 11 is 0. The first kappa shape index (κ1) is 19.4. The molecule has 1 saturated heterocycles. The molecule has 1 N–H and O–H groups in total. The van der Waals surface area contributed by atoms with Crippen LogP contribution >= 0.6 is 0 Å². The summed E-state index contributed by atoms with van der Waals surface area (Å²) in [5, 5.41) is 3.13. The minimum atomic E-state index is -0.0551. The number of nitrogens with one attached hydrogen (secondary N) is 1. The topological polar surface area (TPSA) is 44.8 Å². The average molecular weight is 367 g/mol. The van der Waals surface area contributed by atoms with Gasteiger partial charge in [-0.1, -0.05) is 60.7 Å². The van der Waals surface area contributed by atoms with Crippen molar-refractivity contribution in [3.63, 3.8) is 0 Å². The Morgan fingerprint density at radius 3 is 2.19 bits per heavy atom. The number of rotatable bonds is 6. The van der Waals surface area contributed by atoms with Crippen LogP contribution in [0.2, 0.25) is 0 Å². The van der Waals surface area contributed by atoms with Gasteiger partial charge in [0.1, 0.15) is 0 Å². The van der Waals surface area contributed by atoms with Crippen LogP contribution in [0.5, 0.6) is 0 Å². The maximum atomic E-state index is 12.7. The van der Waals surface area contributed by atoms with Crippen LogP contribution in [-0.2, 0) is 4.74 Å². The molecule has 144 valence electrons. The van der Waals surface area contributed by atoms with E-state index >= 15 is 0 Å². The van der Waals surface area contributed by atoms with Crippen LogP contribution in [0, 0.1) is 0 Å². The standard InChI is InChI=1S/C22H29N3O2/c1-18(19-9-5-3-6-10-19)24(2)22(26)23-17-21(20-11-7-4-8-12-20)25-13-15-27-16-14-25/h3-12,18,21H,13-17H2,1-2H3,(H,23,26). The van der Waals surface area contributed by atoms with Gasteiger partial charge in [-0.25, -0.2) is 4.79 Å². The predicted octanol–water partition coefficient (Wildman–Crippen LogP) is 3.46. The number of nitrogens with zero attached hydrogens (tertiary/aromatic N) is 2. The molecular formula is C22H29N3O2. The lowest BCUT2D eigenvalue weighted by Gasteiger charge is -2.35. The van der Waals surface area contributed by atoms with Crippen molar-refractivity contribution in [2.75, 3.05) is 39.9 Å². The first-order valence-electron chi connectivity index (χ1n) is 9.59. The molecule has 5 nitrogen and oxygen atoms in total. The van der Waals surface area contributed by atoms with Crippen LogP contribution in [0.1, 0.15) is 30.1 Å². The van der Waals surface area contributed by atoms with Crippen LogP contribution in [-0.4, -0.2) is 55.7 Å². The molecular weight excluding hydrogens is 338 g/mol. The zero-order valence-electron chi connectivity index (χ0n) is 16.2. The summed E-state index contributed by atoms with van der Waals surface area (Å²) < 4.78 is 5.49. The Balaban J connectivity index is 1.64. The van der Waals surface area contributed by atoms with E-state index in [4.69, 9.17) is 4.74 Å². The molecule has 0 aromatic heterocycles. The van der Waals surface area contributed by atoms with E-state index in [0.717, 1.165) is 31.9 Å². The largest absolute Gasteiger partial charge is 0.379 e. The molecule has 2 aromatic rings. The summed E-state index contributed by atoms with van der Waals surface area (Å²) in [6.45, 7) is 5.86. The number of ether oxygens (including phenoxy) is 1. The number of morpholine rings is 1. The zero-order chi connectivity index (χ0) is 19.1. The third-order valence-corrected chi connectivity index (χ3v) is 5.30. The monoisotopic (exact) mass is 367 g/mol. The third-order valence-electron chi connectivity index (χ3n) is 5.30. The summed E-state index contributed by atoms with van der Waals surface area (Å²) in [5.41, 5.74) is 2.35. The average Bonchev–Trinajstić information content (AvgIpc) is 2.75. The van der Waals surface area contributed by atoms with Crippen molar-refractivity contribution in [1.82, 2.24) is 15.1 Å². The van der Waals surface area contributed by atoms with Crippen molar-refractivity contribution < 1.29 is 9.53 Å². The second-order valence-corrected chi connectivity index (χ2v) is 6.96. The Labute approximate surface area is 161 Å². The Hall–Kier alpha value is -2.37. The van der Waals surface area contributed by atoms with E-state index in [2.05, 4.69) is 34.5 Å². The normalized spacial score (nSPS) is 17.1. The van der Waals surface area contributed by atoms with Gasteiger partial charge in [-0.3, -0.25) is 4.90 Å². The molecule has 2 aromatic carbocycles. The fourth-order valence-corrected chi connectivity index (χ4v) is 3.46. The summed E-state index contributed by atoms with van der Waals surface area (Å²) in [5.74, 6) is 0. The molecule has 1 aliphatic rings. The maximum Gasteiger partial charge on any atom is 0.317 e. The molecule has 2 unspecified atom stereocenters. The summed E-state index contributed by atoms with van der Waals surface area (Å²) in [7, 11) is 1.85. The number of urea groups is 1. The Kier molecular flexibility index (Phi) is 6.85. The van der Waals surface area contributed by atoms with E-state index in [9.17, 15) is 4.79 Å². The van der Waals surface area contributed by atoms with E-state index in [1.54, 1.807) is 4.90 Å². The lowest BCUT2D eigenvalue weighted by molar-refractivity contribution is 0.0164. The molecule has 2 atom stereocenters. The number of carbonyl (C=O) groups is 1. The van der Waals surface area contributed by atoms with E-state index in [1.807, 2.05) is 50.4 Å². The van der Waals surface area contributed by atoms with Crippen LogP contribution in [0.15, 0.2) is 60.7 Å². The molecule has 0 bridgehead atoms. The Bertz CT molecular complexity index is 702. The quantitative estimate of drug-likeness (QED) is 0.850. The molecule has 5 heteroatoms. The molecule has 0 radical (unpaired) electrons. The van der Waals surface area contributed by atoms with Gasteiger partial charge in [0.05, 0.1) is 25.3 Å². The fourth-order valence-electron chi connectivity index (χ4n) is 3.46. The maximum absolute atomic E-state index is 12.7. The minimum Gasteiger partial charge on any atom is -0.379 e. The number of amides is 2. The van der Waals surface area contributed by atoms with Gasteiger partial charge < -0.3 is 15.0 Å². The highest BCUT2D eigenvalue weighted by atomic mass is 16.5. The van der Waals surface area contributed by atoms with Gasteiger partial charge in [0.2, 0.25) is 0 Å². The smallest absolute Gasteiger partial charge is 0.317 e. The predicted molar refractivity (Wildman–Crippen MR) is 108 cm³/mol. The second kappa shape index (κ2) is 9.53. The fraction of sp³-hybridized carbons (Fsp3) is 0.409. The van der Waals surface area contributed by atoms with Crippen molar-refractivity contribution in [3.05, 3.63) is 71.8 Å². The zero-order valence-corrected chi connectivity index (χ0v) is 16.2. The SMILES string of the molecule is CC(c1ccccc1)N(C)C(=O)NCC(c1ccccc1)N1CCOCC1. The van der Waals surface area contributed by atoms with E-state index in [1.165, 1.54) is 5.56 Å². The van der Waals surface area contributed by atoms with E-state index in [0.29, 0.717) is 6.54 Å². The summed E-state index contributed by atoms with van der Waals surface area (Å²) in [4.78, 5) is 16.9. The number of benzene rings is 2. The molecule has 0 saturated carbocycles. The van der Waals surface area contributed by atoms with Crippen LogP contribution < -0.4 is 5.32 Å². The van der Waals surface area contributed by atoms with Crippen molar-refractivity contribution in [1.29, 1.82) is 0 Å². The van der Waals surface area contributed by atoms with Gasteiger partial charge in [-0.15, -0.1) is 0 Å². The molecule has 1 fully saturated rings. The highest BCUT2D eigenvalue weighted by molar-refractivity contribution is 5.74. The van der Waals surface area contributed by atoms with Crippen molar-refractivity contribution in [3.8, 4) is 0 Å². The molecule has 1 aliphatic heterocycles. The van der Waals surface area contributed by atoms with Gasteiger partial charge >= 0.3 is 6.03 Å². The summed E-state index contributed by atoms with van der Waals surface area (Å²) in [6, 6.07) is 20.6. The number of hydrogen-bond donors (Lipinski definition) is 1. The van der Waals surface area contributed by atoms with Gasteiger partial charge in [0.25, 0.3) is 0 Å². The minimum absolute atomic E-state index is 0.0183. The number of hydrogen-bond acceptors (Lipinski definition) is 3. The van der Waals surface area contributed by atoms with E-state index in [-0.39, 0.29) is 18.1 Å². The van der Waals surface area contributed by atoms with Gasteiger partial charge in [0, 0.05) is 26.7 Å². The van der Waals surface area contributed by atoms with Crippen molar-refractivity contribution in [2.45, 2.75) is 19.0 Å². The van der Waals surface area contributed by atoms with Gasteiger partial charge in [0.15, 0.2) is 0 Å². The van der Waals surface area contributed by atoms with Crippen molar-refractivity contribution in [2.24, 2.45) is 0 Å². The highest BCUT2D eigenvalue weighted by Gasteiger charge is 2.24. The molecule has 0 spiro atoms. The van der Waals surface area contributed by atoms with E-state index < -0.39 is 0 Å². The Morgan fingerprint density at radius 1 is 1.04 bits per heavy atom. The lowest BCUT2D eigenvalue weighted by atomic mass is 10.0.